The second-order valence-corrected chi connectivity index (χ2v) is 3.43. The number of carbonyl (C=O) groups excluding carboxylic acids is 1. The molecule has 1 rings (SSSR count). The predicted molar refractivity (Wildman–Crippen MR) is 49.2 cm³/mol. The summed E-state index contributed by atoms with van der Waals surface area (Å²) in [6, 6.07) is -1.03. The van der Waals surface area contributed by atoms with Crippen molar-refractivity contribution in [3.63, 3.8) is 0 Å². The van der Waals surface area contributed by atoms with Gasteiger partial charge >= 0.3 is 5.97 Å². The zero-order valence-electron chi connectivity index (χ0n) is 7.62. The molecule has 76 valence electrons. The average Bonchev–Trinajstić information content (AvgIpc) is 2.84. The Labute approximate surface area is 81.7 Å². The first kappa shape index (κ1) is 10.5. The van der Waals surface area contributed by atoms with Gasteiger partial charge in [-0.15, -0.1) is 12.3 Å². The van der Waals surface area contributed by atoms with Crippen molar-refractivity contribution in [3.8, 4) is 12.3 Å². The zero-order chi connectivity index (χ0) is 10.8. The lowest BCUT2D eigenvalue weighted by atomic mass is 10.2. The summed E-state index contributed by atoms with van der Waals surface area (Å²) in [5, 5.41) is 11.0. The molecule has 0 heterocycles. The highest BCUT2D eigenvalue weighted by Gasteiger charge is 2.46. The van der Waals surface area contributed by atoms with Gasteiger partial charge in [0.25, 0.3) is 0 Å². The topological polar surface area (TPSA) is 92.4 Å². The molecule has 0 aliphatic heterocycles. The van der Waals surface area contributed by atoms with Crippen molar-refractivity contribution in [1.29, 1.82) is 0 Å². The lowest BCUT2D eigenvalue weighted by molar-refractivity contribution is -0.142. The summed E-state index contributed by atoms with van der Waals surface area (Å²) < 4.78 is 0. The Balaban J connectivity index is 2.52. The quantitative estimate of drug-likeness (QED) is 0.506. The molecule has 5 heteroatoms. The van der Waals surface area contributed by atoms with Crippen molar-refractivity contribution in [2.45, 2.75) is 30.8 Å². The van der Waals surface area contributed by atoms with E-state index in [4.69, 9.17) is 17.3 Å². The molecule has 1 saturated carbocycles. The number of terminal acetylenes is 1. The Morgan fingerprint density at radius 3 is 2.57 bits per heavy atom. The maximum Gasteiger partial charge on any atom is 0.327 e. The van der Waals surface area contributed by atoms with E-state index < -0.39 is 23.5 Å². The van der Waals surface area contributed by atoms with Gasteiger partial charge in [-0.25, -0.2) is 4.79 Å². The van der Waals surface area contributed by atoms with Gasteiger partial charge in [-0.2, -0.15) is 0 Å². The second kappa shape index (κ2) is 3.68. The molecule has 4 N–H and O–H groups in total. The van der Waals surface area contributed by atoms with Crippen LogP contribution < -0.4 is 11.1 Å². The molecule has 5 nitrogen and oxygen atoms in total. The Bertz CT molecular complexity index is 302. The van der Waals surface area contributed by atoms with Crippen LogP contribution in [0.2, 0.25) is 0 Å². The van der Waals surface area contributed by atoms with Crippen LogP contribution in [0.25, 0.3) is 0 Å². The summed E-state index contributed by atoms with van der Waals surface area (Å²) in [7, 11) is 0. The summed E-state index contributed by atoms with van der Waals surface area (Å²) in [5.74, 6) is 0.621. The normalized spacial score (nSPS) is 19.1. The molecule has 1 amide bonds. The third-order valence-electron chi connectivity index (χ3n) is 2.17. The van der Waals surface area contributed by atoms with E-state index in [2.05, 4.69) is 11.2 Å². The number of hydrogen-bond donors (Lipinski definition) is 3. The van der Waals surface area contributed by atoms with Crippen LogP contribution >= 0.6 is 0 Å². The van der Waals surface area contributed by atoms with Crippen LogP contribution in [0.1, 0.15) is 19.3 Å². The van der Waals surface area contributed by atoms with Crippen molar-refractivity contribution >= 4 is 11.9 Å². The minimum Gasteiger partial charge on any atom is -0.480 e. The standard InChI is InChI=1S/C9H12N2O3/c1-2-3-6(7(12)13)11-8(14)9(10)4-5-9/h1,6H,3-5,10H2,(H,11,14)(H,12,13). The summed E-state index contributed by atoms with van der Waals surface area (Å²) in [5.41, 5.74) is 4.72. The number of nitrogens with one attached hydrogen (secondary N) is 1. The molecule has 1 aliphatic rings. The fraction of sp³-hybridized carbons (Fsp3) is 0.556. The van der Waals surface area contributed by atoms with Gasteiger partial charge in [-0.1, -0.05) is 0 Å². The monoisotopic (exact) mass is 196 g/mol. The molecule has 0 radical (unpaired) electrons. The first-order valence-electron chi connectivity index (χ1n) is 4.26. The molecule has 0 aromatic rings. The van der Waals surface area contributed by atoms with Crippen LogP contribution in [0.3, 0.4) is 0 Å². The van der Waals surface area contributed by atoms with Crippen LogP contribution in [-0.2, 0) is 9.59 Å². The Morgan fingerprint density at radius 2 is 2.21 bits per heavy atom. The average molecular weight is 196 g/mol. The van der Waals surface area contributed by atoms with Gasteiger partial charge in [0.2, 0.25) is 5.91 Å². The van der Waals surface area contributed by atoms with Crippen LogP contribution in [0, 0.1) is 12.3 Å². The lowest BCUT2D eigenvalue weighted by Gasteiger charge is -2.14. The molecule has 0 spiro atoms. The van der Waals surface area contributed by atoms with E-state index in [1.807, 2.05) is 0 Å². The Hall–Kier alpha value is -1.54. The summed E-state index contributed by atoms with van der Waals surface area (Å²) in [6.45, 7) is 0. The van der Waals surface area contributed by atoms with E-state index in [1.165, 1.54) is 0 Å². The van der Waals surface area contributed by atoms with Crippen molar-refractivity contribution in [2.75, 3.05) is 0 Å². The molecule has 1 fully saturated rings. The largest absolute Gasteiger partial charge is 0.480 e. The SMILES string of the molecule is C#CCC(NC(=O)C1(N)CC1)C(=O)O. The maximum absolute atomic E-state index is 11.3. The second-order valence-electron chi connectivity index (χ2n) is 3.43. The molecule has 0 aromatic heterocycles. The van der Waals surface area contributed by atoms with E-state index in [-0.39, 0.29) is 6.42 Å². The highest BCUT2D eigenvalue weighted by molar-refractivity contribution is 5.92. The van der Waals surface area contributed by atoms with Crippen LogP contribution in [0.15, 0.2) is 0 Å². The first-order chi connectivity index (χ1) is 6.49. The lowest BCUT2D eigenvalue weighted by Crippen LogP contribution is -2.49. The molecule has 0 saturated heterocycles. The smallest absolute Gasteiger partial charge is 0.327 e. The number of carboxylic acids is 1. The van der Waals surface area contributed by atoms with Crippen LogP contribution in [0.5, 0.6) is 0 Å². The summed E-state index contributed by atoms with van der Waals surface area (Å²) >= 11 is 0. The molecular formula is C9H12N2O3. The van der Waals surface area contributed by atoms with Gasteiger partial charge in [-0.05, 0) is 12.8 Å². The molecule has 0 bridgehead atoms. The van der Waals surface area contributed by atoms with E-state index in [9.17, 15) is 9.59 Å². The van der Waals surface area contributed by atoms with E-state index >= 15 is 0 Å². The van der Waals surface area contributed by atoms with Crippen LogP contribution in [-0.4, -0.2) is 28.6 Å². The maximum atomic E-state index is 11.3. The van der Waals surface area contributed by atoms with E-state index in [0.29, 0.717) is 12.8 Å². The summed E-state index contributed by atoms with van der Waals surface area (Å²) in [4.78, 5) is 22.0. The van der Waals surface area contributed by atoms with E-state index in [0.717, 1.165) is 0 Å². The molecule has 14 heavy (non-hydrogen) atoms. The number of hydrogen-bond acceptors (Lipinski definition) is 3. The molecule has 1 atom stereocenters. The first-order valence-corrected chi connectivity index (χ1v) is 4.26. The molecule has 0 aromatic carbocycles. The number of carboxylic acid groups (broad SMARTS) is 1. The highest BCUT2D eigenvalue weighted by Crippen LogP contribution is 2.32. The number of aliphatic carboxylic acids is 1. The Morgan fingerprint density at radius 1 is 1.64 bits per heavy atom. The van der Waals surface area contributed by atoms with Gasteiger partial charge in [-0.3, -0.25) is 4.79 Å². The predicted octanol–water partition coefficient (Wildman–Crippen LogP) is -0.930. The fourth-order valence-electron chi connectivity index (χ4n) is 0.982. The van der Waals surface area contributed by atoms with Crippen LogP contribution in [0.4, 0.5) is 0 Å². The number of carbonyl (C=O) groups is 2. The van der Waals surface area contributed by atoms with Gasteiger partial charge in [0.15, 0.2) is 0 Å². The van der Waals surface area contributed by atoms with Gasteiger partial charge < -0.3 is 16.2 Å². The highest BCUT2D eigenvalue weighted by atomic mass is 16.4. The molecule has 1 aliphatic carbocycles. The number of nitrogens with two attached hydrogens (primary N) is 1. The van der Waals surface area contributed by atoms with Gasteiger partial charge in [0.05, 0.1) is 5.54 Å². The summed E-state index contributed by atoms with van der Waals surface area (Å²) in [6.07, 6.45) is 6.14. The van der Waals surface area contributed by atoms with Crippen molar-refractivity contribution in [1.82, 2.24) is 5.32 Å². The minimum absolute atomic E-state index is 0.0306. The molecule has 1 unspecified atom stereocenters. The third kappa shape index (κ3) is 2.24. The van der Waals surface area contributed by atoms with Gasteiger partial charge in [0, 0.05) is 6.42 Å². The Kier molecular flexibility index (Phi) is 2.77. The fourth-order valence-corrected chi connectivity index (χ4v) is 0.982. The minimum atomic E-state index is -1.14. The number of rotatable bonds is 4. The van der Waals surface area contributed by atoms with Crippen molar-refractivity contribution in [2.24, 2.45) is 5.73 Å². The van der Waals surface area contributed by atoms with E-state index in [1.54, 1.807) is 0 Å². The zero-order valence-corrected chi connectivity index (χ0v) is 7.62. The molecular weight excluding hydrogens is 184 g/mol. The third-order valence-corrected chi connectivity index (χ3v) is 2.17. The van der Waals surface area contributed by atoms with Crippen molar-refractivity contribution in [3.05, 3.63) is 0 Å². The number of amides is 1. The van der Waals surface area contributed by atoms with Gasteiger partial charge in [0.1, 0.15) is 6.04 Å². The van der Waals surface area contributed by atoms with Crippen molar-refractivity contribution < 1.29 is 14.7 Å².